The van der Waals surface area contributed by atoms with Crippen LogP contribution in [0, 0.1) is 0 Å². The third-order valence-electron chi connectivity index (χ3n) is 0.789. The topological polar surface area (TPSA) is 37.8 Å². The van der Waals surface area contributed by atoms with E-state index in [2.05, 4.69) is 15.3 Å². The van der Waals surface area contributed by atoms with Crippen molar-refractivity contribution in [3.63, 3.8) is 0 Å². The highest BCUT2D eigenvalue weighted by Gasteiger charge is 1.81. The van der Waals surface area contributed by atoms with Crippen LogP contribution in [0.25, 0.3) is 0 Å². The van der Waals surface area contributed by atoms with Crippen LogP contribution in [0.4, 0.5) is 5.95 Å². The Labute approximate surface area is 55.2 Å². The monoisotopic (exact) mass is 125 g/mol. The molecule has 0 aliphatic carbocycles. The molecule has 1 heterocycles. The molecule has 1 aromatic rings. The summed E-state index contributed by atoms with van der Waals surface area (Å²) in [5.41, 5.74) is 0. The van der Waals surface area contributed by atoms with E-state index in [-0.39, 0.29) is 7.43 Å². The first-order valence-electron chi connectivity index (χ1n) is 2.38. The lowest BCUT2D eigenvalue weighted by molar-refractivity contribution is 1.15. The normalized spacial score (nSPS) is 7.67. The third kappa shape index (κ3) is 2.08. The number of anilines is 1. The highest BCUT2D eigenvalue weighted by Crippen LogP contribution is 1.88. The van der Waals surface area contributed by atoms with Crippen LogP contribution in [-0.2, 0) is 0 Å². The second-order valence-electron chi connectivity index (χ2n) is 1.32. The second-order valence-corrected chi connectivity index (χ2v) is 1.32. The smallest absolute Gasteiger partial charge is 0.222 e. The van der Waals surface area contributed by atoms with E-state index in [1.807, 2.05) is 0 Å². The van der Waals surface area contributed by atoms with Crippen molar-refractivity contribution in [3.05, 3.63) is 18.5 Å². The number of nitrogens with one attached hydrogen (secondary N) is 1. The molecule has 0 fully saturated rings. The zero-order valence-corrected chi connectivity index (χ0v) is 4.63. The summed E-state index contributed by atoms with van der Waals surface area (Å²) in [6, 6.07) is 1.78. The summed E-state index contributed by atoms with van der Waals surface area (Å²) < 4.78 is 0. The highest BCUT2D eigenvalue weighted by atomic mass is 15.1. The molecule has 0 atom stereocenters. The molecule has 50 valence electrons. The molecule has 0 amide bonds. The van der Waals surface area contributed by atoms with Gasteiger partial charge in [0.2, 0.25) is 5.95 Å². The molecule has 1 aromatic heterocycles. The molecule has 9 heavy (non-hydrogen) atoms. The molecule has 0 unspecified atom stereocenters. The fraction of sp³-hybridized carbons (Fsp3) is 0.333. The first kappa shape index (κ1) is 7.88. The highest BCUT2D eigenvalue weighted by molar-refractivity contribution is 5.19. The molecule has 0 aromatic carbocycles. The van der Waals surface area contributed by atoms with Crippen LogP contribution in [0.5, 0.6) is 0 Å². The summed E-state index contributed by atoms with van der Waals surface area (Å²) >= 11 is 0. The van der Waals surface area contributed by atoms with Gasteiger partial charge >= 0.3 is 0 Å². The lowest BCUT2D eigenvalue weighted by Crippen LogP contribution is -1.92. The largest absolute Gasteiger partial charge is 0.357 e. The van der Waals surface area contributed by atoms with Crippen molar-refractivity contribution in [3.8, 4) is 0 Å². The molecule has 0 spiro atoms. The van der Waals surface area contributed by atoms with Gasteiger partial charge in [-0.3, -0.25) is 0 Å². The maximum Gasteiger partial charge on any atom is 0.222 e. The molecule has 1 N–H and O–H groups in total. The number of hydrogen-bond donors (Lipinski definition) is 1. The molecular weight excluding hydrogens is 114 g/mol. The lowest BCUT2D eigenvalue weighted by Gasteiger charge is -1.91. The zero-order chi connectivity index (χ0) is 5.82. The number of nitrogens with zero attached hydrogens (tertiary/aromatic N) is 2. The van der Waals surface area contributed by atoms with Gasteiger partial charge in [-0.25, -0.2) is 9.97 Å². The van der Waals surface area contributed by atoms with Crippen LogP contribution in [0.3, 0.4) is 0 Å². The van der Waals surface area contributed by atoms with E-state index in [4.69, 9.17) is 0 Å². The number of rotatable bonds is 1. The Bertz CT molecular complexity index is 150. The van der Waals surface area contributed by atoms with E-state index in [1.54, 1.807) is 25.5 Å². The van der Waals surface area contributed by atoms with Gasteiger partial charge in [0, 0.05) is 19.4 Å². The molecule has 0 aliphatic rings. The van der Waals surface area contributed by atoms with E-state index in [9.17, 15) is 0 Å². The summed E-state index contributed by atoms with van der Waals surface area (Å²) in [7, 11) is 1.79. The van der Waals surface area contributed by atoms with Gasteiger partial charge < -0.3 is 5.32 Å². The minimum absolute atomic E-state index is 0. The van der Waals surface area contributed by atoms with E-state index in [1.165, 1.54) is 0 Å². The third-order valence-corrected chi connectivity index (χ3v) is 0.789. The molecule has 0 aliphatic heterocycles. The summed E-state index contributed by atoms with van der Waals surface area (Å²) in [6.07, 6.45) is 3.39. The van der Waals surface area contributed by atoms with Gasteiger partial charge in [-0.05, 0) is 6.07 Å². The SMILES string of the molecule is C.CNc1ncccn1. The molecule has 0 radical (unpaired) electrons. The quantitative estimate of drug-likeness (QED) is 0.612. The fourth-order valence-corrected chi connectivity index (χ4v) is 0.428. The van der Waals surface area contributed by atoms with Gasteiger partial charge in [0.25, 0.3) is 0 Å². The molecule has 3 nitrogen and oxygen atoms in total. The average Bonchev–Trinajstić information content (AvgIpc) is 1.90. The average molecular weight is 125 g/mol. The molecule has 1 rings (SSSR count). The van der Waals surface area contributed by atoms with Crippen molar-refractivity contribution < 1.29 is 0 Å². The lowest BCUT2D eigenvalue weighted by atomic mass is 10.7. The van der Waals surface area contributed by atoms with Crippen LogP contribution in [0.1, 0.15) is 7.43 Å². The minimum atomic E-state index is 0. The van der Waals surface area contributed by atoms with Crippen molar-refractivity contribution in [2.24, 2.45) is 0 Å². The Morgan fingerprint density at radius 2 is 1.89 bits per heavy atom. The second kappa shape index (κ2) is 3.83. The van der Waals surface area contributed by atoms with Crippen molar-refractivity contribution in [1.82, 2.24) is 9.97 Å². The Kier molecular flexibility index (Phi) is 3.35. The fourth-order valence-electron chi connectivity index (χ4n) is 0.428. The molecular formula is C6H11N3. The van der Waals surface area contributed by atoms with Crippen LogP contribution in [-0.4, -0.2) is 17.0 Å². The van der Waals surface area contributed by atoms with Crippen molar-refractivity contribution >= 4 is 5.95 Å². The van der Waals surface area contributed by atoms with Crippen LogP contribution < -0.4 is 5.32 Å². The van der Waals surface area contributed by atoms with E-state index in [0.29, 0.717) is 5.95 Å². The van der Waals surface area contributed by atoms with Gasteiger partial charge in [-0.2, -0.15) is 0 Å². The Morgan fingerprint density at radius 3 is 2.22 bits per heavy atom. The predicted octanol–water partition coefficient (Wildman–Crippen LogP) is 1.15. The standard InChI is InChI=1S/C5H7N3.CH4/c1-6-5-7-3-2-4-8-5;/h2-4H,1H3,(H,6,7,8);1H4. The summed E-state index contributed by atoms with van der Waals surface area (Å²) in [4.78, 5) is 7.75. The maximum atomic E-state index is 3.88. The van der Waals surface area contributed by atoms with E-state index >= 15 is 0 Å². The predicted molar refractivity (Wildman–Crippen MR) is 38.3 cm³/mol. The first-order valence-corrected chi connectivity index (χ1v) is 2.38. The zero-order valence-electron chi connectivity index (χ0n) is 4.63. The first-order chi connectivity index (χ1) is 3.93. The number of aromatic nitrogens is 2. The molecule has 0 saturated carbocycles. The Morgan fingerprint density at radius 1 is 1.33 bits per heavy atom. The maximum absolute atomic E-state index is 3.88. The van der Waals surface area contributed by atoms with Crippen LogP contribution >= 0.6 is 0 Å². The van der Waals surface area contributed by atoms with E-state index in [0.717, 1.165) is 0 Å². The van der Waals surface area contributed by atoms with Crippen molar-refractivity contribution in [2.75, 3.05) is 12.4 Å². The van der Waals surface area contributed by atoms with Gasteiger partial charge in [-0.1, -0.05) is 7.43 Å². The minimum Gasteiger partial charge on any atom is -0.357 e. The van der Waals surface area contributed by atoms with Crippen LogP contribution in [0.2, 0.25) is 0 Å². The van der Waals surface area contributed by atoms with Gasteiger partial charge in [0.15, 0.2) is 0 Å². The number of hydrogen-bond acceptors (Lipinski definition) is 3. The Hall–Kier alpha value is -1.12. The van der Waals surface area contributed by atoms with Gasteiger partial charge in [0.05, 0.1) is 0 Å². The Balaban J connectivity index is 0.000000640. The van der Waals surface area contributed by atoms with Gasteiger partial charge in [-0.15, -0.1) is 0 Å². The summed E-state index contributed by atoms with van der Waals surface area (Å²) in [5, 5.41) is 2.80. The van der Waals surface area contributed by atoms with Crippen molar-refractivity contribution in [1.29, 1.82) is 0 Å². The molecule has 0 bridgehead atoms. The summed E-state index contributed by atoms with van der Waals surface area (Å²) in [6.45, 7) is 0. The van der Waals surface area contributed by atoms with Gasteiger partial charge in [0.1, 0.15) is 0 Å². The van der Waals surface area contributed by atoms with Crippen molar-refractivity contribution in [2.45, 2.75) is 7.43 Å². The van der Waals surface area contributed by atoms with E-state index < -0.39 is 0 Å². The molecule has 0 saturated heterocycles. The van der Waals surface area contributed by atoms with Crippen LogP contribution in [0.15, 0.2) is 18.5 Å². The summed E-state index contributed by atoms with van der Waals surface area (Å²) in [5.74, 6) is 0.660. The molecule has 3 heteroatoms.